The maximum absolute atomic E-state index is 11.7. The van der Waals surface area contributed by atoms with Crippen molar-refractivity contribution in [1.82, 2.24) is 4.98 Å². The van der Waals surface area contributed by atoms with Gasteiger partial charge in [-0.05, 0) is 56.4 Å². The van der Waals surface area contributed by atoms with Gasteiger partial charge in [-0.25, -0.2) is 0 Å². The highest BCUT2D eigenvalue weighted by molar-refractivity contribution is 5.45. The fourth-order valence-electron chi connectivity index (χ4n) is 2.55. The molecule has 1 N–H and O–H groups in total. The highest BCUT2D eigenvalue weighted by atomic mass is 16.1. The van der Waals surface area contributed by atoms with Crippen molar-refractivity contribution in [2.75, 3.05) is 0 Å². The predicted molar refractivity (Wildman–Crippen MR) is 80.0 cm³/mol. The molecule has 3 heteroatoms. The van der Waals surface area contributed by atoms with Crippen LogP contribution >= 0.6 is 0 Å². The molecule has 1 heterocycles. The van der Waals surface area contributed by atoms with Crippen molar-refractivity contribution in [2.45, 2.75) is 34.1 Å². The largest absolute Gasteiger partial charge is 0.325 e. The Morgan fingerprint density at radius 1 is 1.20 bits per heavy atom. The number of benzene rings is 1. The third-order valence-electron chi connectivity index (χ3n) is 3.79. The van der Waals surface area contributed by atoms with Crippen molar-refractivity contribution in [3.8, 4) is 6.07 Å². The van der Waals surface area contributed by atoms with Crippen LogP contribution < -0.4 is 5.56 Å². The van der Waals surface area contributed by atoms with E-state index in [0.29, 0.717) is 0 Å². The predicted octanol–water partition coefficient (Wildman–Crippen LogP) is 3.07. The summed E-state index contributed by atoms with van der Waals surface area (Å²) in [5.41, 5.74) is 6.26. The third-order valence-corrected chi connectivity index (χ3v) is 3.79. The smallest absolute Gasteiger partial charge is 0.266 e. The molecule has 0 atom stereocenters. The van der Waals surface area contributed by atoms with Crippen molar-refractivity contribution >= 4 is 0 Å². The van der Waals surface area contributed by atoms with Gasteiger partial charge in [0.1, 0.15) is 11.6 Å². The molecule has 0 saturated heterocycles. The number of nitriles is 1. The van der Waals surface area contributed by atoms with Crippen LogP contribution in [0.5, 0.6) is 0 Å². The van der Waals surface area contributed by atoms with Gasteiger partial charge in [0.25, 0.3) is 5.56 Å². The molecule has 0 fully saturated rings. The molecular weight excluding hydrogens is 248 g/mol. The van der Waals surface area contributed by atoms with Crippen molar-refractivity contribution < 1.29 is 0 Å². The molecule has 2 aromatic rings. The van der Waals surface area contributed by atoms with E-state index in [1.807, 2.05) is 19.9 Å². The zero-order valence-electron chi connectivity index (χ0n) is 12.3. The zero-order valence-corrected chi connectivity index (χ0v) is 12.3. The van der Waals surface area contributed by atoms with Gasteiger partial charge in [0, 0.05) is 5.69 Å². The minimum absolute atomic E-state index is 0.218. The number of hydrogen-bond acceptors (Lipinski definition) is 2. The SMILES string of the molecule is Cc1ccc(Cc2c(C)[nH]c(=O)c(C#N)c2C)c(C)c1. The van der Waals surface area contributed by atoms with E-state index < -0.39 is 0 Å². The third kappa shape index (κ3) is 2.50. The number of aromatic amines is 1. The number of nitrogens with zero attached hydrogens (tertiary/aromatic N) is 1. The van der Waals surface area contributed by atoms with E-state index in [1.54, 1.807) is 0 Å². The summed E-state index contributed by atoms with van der Waals surface area (Å²) in [6.45, 7) is 7.89. The maximum atomic E-state index is 11.7. The lowest BCUT2D eigenvalue weighted by Crippen LogP contribution is -2.16. The van der Waals surface area contributed by atoms with E-state index in [4.69, 9.17) is 5.26 Å². The van der Waals surface area contributed by atoms with E-state index >= 15 is 0 Å². The van der Waals surface area contributed by atoms with Gasteiger partial charge >= 0.3 is 0 Å². The van der Waals surface area contributed by atoms with Crippen LogP contribution in [-0.2, 0) is 6.42 Å². The standard InChI is InChI=1S/C17H18N2O/c1-10-5-6-14(11(2)7-10)8-15-12(3)16(9-18)17(20)19-13(15)4/h5-7H,8H2,1-4H3,(H,19,20). The van der Waals surface area contributed by atoms with Crippen LogP contribution in [0.4, 0.5) is 0 Å². The van der Waals surface area contributed by atoms with Crippen molar-refractivity contribution in [3.05, 3.63) is 67.6 Å². The average molecular weight is 266 g/mol. The first kappa shape index (κ1) is 14.1. The fourth-order valence-corrected chi connectivity index (χ4v) is 2.55. The second-order valence-electron chi connectivity index (χ2n) is 5.28. The summed E-state index contributed by atoms with van der Waals surface area (Å²) in [5, 5.41) is 9.10. The second-order valence-corrected chi connectivity index (χ2v) is 5.28. The molecule has 0 amide bonds. The molecule has 1 aromatic carbocycles. The Labute approximate surface area is 118 Å². The topological polar surface area (TPSA) is 56.6 Å². The molecule has 20 heavy (non-hydrogen) atoms. The highest BCUT2D eigenvalue weighted by Crippen LogP contribution is 2.20. The quantitative estimate of drug-likeness (QED) is 0.908. The van der Waals surface area contributed by atoms with Crippen LogP contribution in [0.3, 0.4) is 0 Å². The number of hydrogen-bond donors (Lipinski definition) is 1. The Bertz CT molecular complexity index is 764. The van der Waals surface area contributed by atoms with E-state index in [0.717, 1.165) is 23.2 Å². The van der Waals surface area contributed by atoms with Crippen LogP contribution in [0.15, 0.2) is 23.0 Å². The van der Waals surface area contributed by atoms with Crippen molar-refractivity contribution in [1.29, 1.82) is 5.26 Å². The molecule has 0 saturated carbocycles. The Morgan fingerprint density at radius 2 is 1.90 bits per heavy atom. The molecule has 102 valence electrons. The number of pyridine rings is 1. The van der Waals surface area contributed by atoms with Gasteiger partial charge in [-0.2, -0.15) is 5.26 Å². The first-order valence-electron chi connectivity index (χ1n) is 6.62. The molecule has 0 spiro atoms. The van der Waals surface area contributed by atoms with Gasteiger partial charge in [-0.1, -0.05) is 23.8 Å². The first-order chi connectivity index (χ1) is 9.43. The molecule has 1 aromatic heterocycles. The van der Waals surface area contributed by atoms with Gasteiger partial charge in [0.05, 0.1) is 0 Å². The van der Waals surface area contributed by atoms with Crippen molar-refractivity contribution in [3.63, 3.8) is 0 Å². The van der Waals surface area contributed by atoms with Gasteiger partial charge in [0.2, 0.25) is 0 Å². The van der Waals surface area contributed by atoms with Gasteiger partial charge in [-0.3, -0.25) is 4.79 Å². The lowest BCUT2D eigenvalue weighted by molar-refractivity contribution is 1.01. The van der Waals surface area contributed by atoms with Gasteiger partial charge in [-0.15, -0.1) is 0 Å². The molecular formula is C17H18N2O. The van der Waals surface area contributed by atoms with Crippen molar-refractivity contribution in [2.24, 2.45) is 0 Å². The molecule has 0 aliphatic carbocycles. The van der Waals surface area contributed by atoms with E-state index in [1.165, 1.54) is 16.7 Å². The Kier molecular flexibility index (Phi) is 3.76. The lowest BCUT2D eigenvalue weighted by Gasteiger charge is -2.13. The van der Waals surface area contributed by atoms with Crippen LogP contribution in [0.25, 0.3) is 0 Å². The molecule has 3 nitrogen and oxygen atoms in total. The Balaban J connectivity index is 2.54. The number of aryl methyl sites for hydroxylation is 3. The Morgan fingerprint density at radius 3 is 2.50 bits per heavy atom. The summed E-state index contributed by atoms with van der Waals surface area (Å²) >= 11 is 0. The minimum atomic E-state index is -0.299. The number of nitrogens with one attached hydrogen (secondary N) is 1. The Hall–Kier alpha value is -2.34. The molecule has 0 unspecified atom stereocenters. The van der Waals surface area contributed by atoms with Crippen LogP contribution in [0.2, 0.25) is 0 Å². The van der Waals surface area contributed by atoms with Crippen LogP contribution in [0, 0.1) is 39.0 Å². The minimum Gasteiger partial charge on any atom is -0.325 e. The van der Waals surface area contributed by atoms with E-state index in [2.05, 4.69) is 37.0 Å². The molecule has 0 aliphatic rings. The fraction of sp³-hybridized carbons (Fsp3) is 0.294. The summed E-state index contributed by atoms with van der Waals surface area (Å²) in [5.74, 6) is 0. The van der Waals surface area contributed by atoms with Crippen LogP contribution in [-0.4, -0.2) is 4.98 Å². The summed E-state index contributed by atoms with van der Waals surface area (Å²) in [7, 11) is 0. The maximum Gasteiger partial charge on any atom is 0.266 e. The molecule has 0 radical (unpaired) electrons. The number of rotatable bonds is 2. The monoisotopic (exact) mass is 266 g/mol. The summed E-state index contributed by atoms with van der Waals surface area (Å²) < 4.78 is 0. The van der Waals surface area contributed by atoms with E-state index in [-0.39, 0.29) is 11.1 Å². The number of H-pyrrole nitrogens is 1. The van der Waals surface area contributed by atoms with E-state index in [9.17, 15) is 4.79 Å². The van der Waals surface area contributed by atoms with Gasteiger partial charge in [0.15, 0.2) is 0 Å². The molecule has 2 rings (SSSR count). The molecule has 0 aliphatic heterocycles. The highest BCUT2D eigenvalue weighted by Gasteiger charge is 2.13. The molecule has 0 bridgehead atoms. The average Bonchev–Trinajstić information content (AvgIpc) is 2.37. The summed E-state index contributed by atoms with van der Waals surface area (Å²) in [6.07, 6.45) is 0.731. The van der Waals surface area contributed by atoms with Gasteiger partial charge < -0.3 is 4.98 Å². The normalized spacial score (nSPS) is 10.3. The summed E-state index contributed by atoms with van der Waals surface area (Å²) in [4.78, 5) is 14.5. The summed E-state index contributed by atoms with van der Waals surface area (Å²) in [6, 6.07) is 8.35. The zero-order chi connectivity index (χ0) is 14.9. The number of aromatic nitrogens is 1. The second kappa shape index (κ2) is 5.34. The lowest BCUT2D eigenvalue weighted by atomic mass is 9.94. The first-order valence-corrected chi connectivity index (χ1v) is 6.62. The van der Waals surface area contributed by atoms with Crippen LogP contribution in [0.1, 0.15) is 39.1 Å².